The van der Waals surface area contributed by atoms with Crippen LogP contribution in [0.4, 0.5) is 0 Å². The standard InChI is InChI=1S/C19H20O6/c1-12-9-14(18(20)21)10-16(19-23-7-8-24-19)17(12)25-11-13-3-5-15(22-2)6-4-13/h3-6,9-10,19H,7-8,11H2,1-2H3,(H,20,21). The number of benzene rings is 2. The molecule has 6 nitrogen and oxygen atoms in total. The molecule has 1 aliphatic rings. The van der Waals surface area contributed by atoms with Crippen LogP contribution >= 0.6 is 0 Å². The van der Waals surface area contributed by atoms with Gasteiger partial charge in [-0.25, -0.2) is 4.79 Å². The van der Waals surface area contributed by atoms with E-state index in [1.54, 1.807) is 19.2 Å². The van der Waals surface area contributed by atoms with Gasteiger partial charge in [-0.1, -0.05) is 12.1 Å². The second-order valence-electron chi connectivity index (χ2n) is 5.73. The first-order valence-electron chi connectivity index (χ1n) is 7.95. The van der Waals surface area contributed by atoms with E-state index in [9.17, 15) is 9.90 Å². The maximum absolute atomic E-state index is 11.3. The molecule has 6 heteroatoms. The van der Waals surface area contributed by atoms with E-state index in [1.807, 2.05) is 31.2 Å². The van der Waals surface area contributed by atoms with Gasteiger partial charge < -0.3 is 24.1 Å². The van der Waals surface area contributed by atoms with Crippen molar-refractivity contribution >= 4 is 5.97 Å². The first kappa shape index (κ1) is 17.3. The van der Waals surface area contributed by atoms with Gasteiger partial charge in [-0.3, -0.25) is 0 Å². The largest absolute Gasteiger partial charge is 0.497 e. The van der Waals surface area contributed by atoms with E-state index in [4.69, 9.17) is 18.9 Å². The Morgan fingerprint density at radius 3 is 2.48 bits per heavy atom. The fourth-order valence-corrected chi connectivity index (χ4v) is 2.71. The second kappa shape index (κ2) is 7.55. The van der Waals surface area contributed by atoms with Gasteiger partial charge in [0.15, 0.2) is 6.29 Å². The summed E-state index contributed by atoms with van der Waals surface area (Å²) in [7, 11) is 1.62. The van der Waals surface area contributed by atoms with Gasteiger partial charge in [0.1, 0.15) is 18.1 Å². The first-order valence-corrected chi connectivity index (χ1v) is 7.95. The van der Waals surface area contributed by atoms with Crippen LogP contribution in [0.1, 0.15) is 33.3 Å². The molecule has 1 fully saturated rings. The lowest BCUT2D eigenvalue weighted by Crippen LogP contribution is -2.08. The monoisotopic (exact) mass is 344 g/mol. The van der Waals surface area contributed by atoms with Crippen molar-refractivity contribution in [2.45, 2.75) is 19.8 Å². The van der Waals surface area contributed by atoms with E-state index in [0.29, 0.717) is 31.1 Å². The number of hydrogen-bond acceptors (Lipinski definition) is 5. The smallest absolute Gasteiger partial charge is 0.335 e. The topological polar surface area (TPSA) is 74.2 Å². The average Bonchev–Trinajstić information content (AvgIpc) is 3.15. The normalized spacial score (nSPS) is 14.5. The number of carboxylic acids is 1. The number of aromatic carboxylic acids is 1. The third-order valence-corrected chi connectivity index (χ3v) is 3.97. The van der Waals surface area contributed by atoms with Crippen molar-refractivity contribution in [3.63, 3.8) is 0 Å². The van der Waals surface area contributed by atoms with Crippen molar-refractivity contribution in [1.29, 1.82) is 0 Å². The van der Waals surface area contributed by atoms with Crippen molar-refractivity contribution < 1.29 is 28.8 Å². The molecule has 0 saturated carbocycles. The van der Waals surface area contributed by atoms with E-state index in [-0.39, 0.29) is 5.56 Å². The maximum Gasteiger partial charge on any atom is 0.335 e. The predicted molar refractivity (Wildman–Crippen MR) is 90.1 cm³/mol. The number of carbonyl (C=O) groups is 1. The van der Waals surface area contributed by atoms with Crippen LogP contribution in [0.3, 0.4) is 0 Å². The van der Waals surface area contributed by atoms with Gasteiger partial charge in [-0.2, -0.15) is 0 Å². The Hall–Kier alpha value is -2.57. The van der Waals surface area contributed by atoms with Crippen LogP contribution < -0.4 is 9.47 Å². The molecule has 0 spiro atoms. The molecule has 1 aliphatic heterocycles. The van der Waals surface area contributed by atoms with Gasteiger partial charge in [0.25, 0.3) is 0 Å². The van der Waals surface area contributed by atoms with Gasteiger partial charge in [-0.15, -0.1) is 0 Å². The van der Waals surface area contributed by atoms with Crippen LogP contribution in [0.5, 0.6) is 11.5 Å². The molecule has 0 aromatic heterocycles. The zero-order valence-electron chi connectivity index (χ0n) is 14.2. The molecular weight excluding hydrogens is 324 g/mol. The minimum atomic E-state index is -0.996. The lowest BCUT2D eigenvalue weighted by molar-refractivity contribution is -0.0459. The van der Waals surface area contributed by atoms with E-state index < -0.39 is 12.3 Å². The predicted octanol–water partition coefficient (Wildman–Crippen LogP) is 3.33. The van der Waals surface area contributed by atoms with Crippen molar-refractivity contribution in [3.8, 4) is 11.5 Å². The summed E-state index contributed by atoms with van der Waals surface area (Å²) < 4.78 is 22.2. The van der Waals surface area contributed by atoms with E-state index in [1.165, 1.54) is 0 Å². The summed E-state index contributed by atoms with van der Waals surface area (Å²) in [6.07, 6.45) is -0.608. The highest BCUT2D eigenvalue weighted by molar-refractivity contribution is 5.88. The molecule has 0 amide bonds. The lowest BCUT2D eigenvalue weighted by atomic mass is 10.0. The minimum Gasteiger partial charge on any atom is -0.497 e. The zero-order valence-corrected chi connectivity index (χ0v) is 14.2. The molecule has 132 valence electrons. The van der Waals surface area contributed by atoms with Crippen LogP contribution in [-0.4, -0.2) is 31.4 Å². The number of aryl methyl sites for hydroxylation is 1. The number of carboxylic acid groups (broad SMARTS) is 1. The van der Waals surface area contributed by atoms with Gasteiger partial charge in [0, 0.05) is 0 Å². The van der Waals surface area contributed by atoms with Crippen molar-refractivity contribution in [2.24, 2.45) is 0 Å². The molecule has 1 saturated heterocycles. The molecule has 2 aromatic carbocycles. The summed E-state index contributed by atoms with van der Waals surface area (Å²) in [6.45, 7) is 3.10. The fourth-order valence-electron chi connectivity index (χ4n) is 2.71. The van der Waals surface area contributed by atoms with Crippen LogP contribution in [-0.2, 0) is 16.1 Å². The Bertz CT molecular complexity index is 747. The number of rotatable bonds is 6. The number of methoxy groups -OCH3 is 1. The molecular formula is C19H20O6. The van der Waals surface area contributed by atoms with Crippen LogP contribution in [0, 0.1) is 6.92 Å². The molecule has 0 atom stereocenters. The SMILES string of the molecule is COc1ccc(COc2c(C)cc(C(=O)O)cc2C2OCCO2)cc1. The Morgan fingerprint density at radius 1 is 1.20 bits per heavy atom. The van der Waals surface area contributed by atoms with Crippen molar-refractivity contribution in [3.05, 3.63) is 58.7 Å². The Morgan fingerprint density at radius 2 is 1.88 bits per heavy atom. The molecule has 0 bridgehead atoms. The van der Waals surface area contributed by atoms with Crippen molar-refractivity contribution in [1.82, 2.24) is 0 Å². The van der Waals surface area contributed by atoms with Gasteiger partial charge in [0.05, 0.1) is 31.5 Å². The summed E-state index contributed by atoms with van der Waals surface area (Å²) in [5, 5.41) is 9.29. The summed E-state index contributed by atoms with van der Waals surface area (Å²) in [5.41, 5.74) is 2.48. The van der Waals surface area contributed by atoms with Crippen LogP contribution in [0.15, 0.2) is 36.4 Å². The molecule has 0 aliphatic carbocycles. The highest BCUT2D eigenvalue weighted by atomic mass is 16.7. The quantitative estimate of drug-likeness (QED) is 0.866. The molecule has 0 radical (unpaired) electrons. The highest BCUT2D eigenvalue weighted by Crippen LogP contribution is 2.35. The first-order chi connectivity index (χ1) is 12.1. The average molecular weight is 344 g/mol. The Balaban J connectivity index is 1.86. The van der Waals surface area contributed by atoms with Crippen LogP contribution in [0.2, 0.25) is 0 Å². The number of ether oxygens (including phenoxy) is 4. The summed E-state index contributed by atoms with van der Waals surface area (Å²) >= 11 is 0. The Kier molecular flexibility index (Phi) is 5.21. The fraction of sp³-hybridized carbons (Fsp3) is 0.316. The Labute approximate surface area is 145 Å². The zero-order chi connectivity index (χ0) is 17.8. The van der Waals surface area contributed by atoms with Gasteiger partial charge in [-0.05, 0) is 42.3 Å². The van der Waals surface area contributed by atoms with Gasteiger partial charge >= 0.3 is 5.97 Å². The van der Waals surface area contributed by atoms with Crippen molar-refractivity contribution in [2.75, 3.05) is 20.3 Å². The summed E-state index contributed by atoms with van der Waals surface area (Å²) in [5.74, 6) is 0.371. The molecule has 25 heavy (non-hydrogen) atoms. The highest BCUT2D eigenvalue weighted by Gasteiger charge is 2.25. The van der Waals surface area contributed by atoms with E-state index in [2.05, 4.69) is 0 Å². The maximum atomic E-state index is 11.3. The van der Waals surface area contributed by atoms with Gasteiger partial charge in [0.2, 0.25) is 0 Å². The van der Waals surface area contributed by atoms with E-state index >= 15 is 0 Å². The molecule has 1 heterocycles. The summed E-state index contributed by atoms with van der Waals surface area (Å²) in [4.78, 5) is 11.3. The number of hydrogen-bond donors (Lipinski definition) is 1. The summed E-state index contributed by atoms with van der Waals surface area (Å²) in [6, 6.07) is 10.7. The third kappa shape index (κ3) is 3.92. The molecule has 2 aromatic rings. The lowest BCUT2D eigenvalue weighted by Gasteiger charge is -2.18. The minimum absolute atomic E-state index is 0.184. The van der Waals surface area contributed by atoms with E-state index in [0.717, 1.165) is 16.9 Å². The molecule has 3 rings (SSSR count). The molecule has 1 N–H and O–H groups in total. The van der Waals surface area contributed by atoms with Crippen LogP contribution in [0.25, 0.3) is 0 Å². The molecule has 0 unspecified atom stereocenters. The second-order valence-corrected chi connectivity index (χ2v) is 5.73. The third-order valence-electron chi connectivity index (χ3n) is 3.97.